The van der Waals surface area contributed by atoms with Crippen molar-refractivity contribution in [3.8, 4) is 0 Å². The first-order valence-electron chi connectivity index (χ1n) is 11.1. The number of rotatable bonds is 3. The van der Waals surface area contributed by atoms with Crippen molar-refractivity contribution in [2.45, 2.75) is 31.6 Å². The number of nitrogens with zero attached hydrogens (tertiary/aromatic N) is 4. The van der Waals surface area contributed by atoms with E-state index in [0.717, 1.165) is 62.3 Å². The number of nitrogens with one attached hydrogen (secondary N) is 1. The number of aromatic nitrogens is 3. The normalized spacial score (nSPS) is 20.2. The van der Waals surface area contributed by atoms with Crippen LogP contribution >= 0.6 is 0 Å². The number of aromatic amines is 1. The van der Waals surface area contributed by atoms with Crippen molar-refractivity contribution in [2.24, 2.45) is 5.92 Å². The molecule has 160 valence electrons. The Hall–Kier alpha value is -3.22. The van der Waals surface area contributed by atoms with E-state index in [4.69, 9.17) is 0 Å². The van der Waals surface area contributed by atoms with Gasteiger partial charge in [0.2, 0.25) is 5.91 Å². The van der Waals surface area contributed by atoms with Gasteiger partial charge in [0.25, 0.3) is 5.91 Å². The van der Waals surface area contributed by atoms with Gasteiger partial charge in [-0.1, -0.05) is 18.2 Å². The molecule has 0 saturated carbocycles. The lowest BCUT2D eigenvalue weighted by atomic mass is 9.92. The van der Waals surface area contributed by atoms with Gasteiger partial charge in [-0.2, -0.15) is 0 Å². The summed E-state index contributed by atoms with van der Waals surface area (Å²) in [7, 11) is 0. The quantitative estimate of drug-likeness (QED) is 0.709. The molecular weight excluding hydrogens is 390 g/mol. The van der Waals surface area contributed by atoms with Gasteiger partial charge in [0, 0.05) is 43.9 Å². The smallest absolute Gasteiger partial charge is 0.253 e. The number of amides is 2. The molecule has 2 fully saturated rings. The number of carbonyl (C=O) groups is 2. The second-order valence-electron chi connectivity index (χ2n) is 8.55. The molecule has 2 amide bonds. The highest BCUT2D eigenvalue weighted by atomic mass is 16.2. The molecule has 0 bridgehead atoms. The fourth-order valence-electron chi connectivity index (χ4n) is 4.81. The molecular formula is C24H27N5O2. The van der Waals surface area contributed by atoms with Crippen molar-refractivity contribution in [1.82, 2.24) is 24.8 Å². The van der Waals surface area contributed by atoms with Crippen molar-refractivity contribution < 1.29 is 9.59 Å². The molecule has 5 rings (SSSR count). The first kappa shape index (κ1) is 19.7. The van der Waals surface area contributed by atoms with E-state index in [-0.39, 0.29) is 17.7 Å². The molecule has 2 aromatic heterocycles. The summed E-state index contributed by atoms with van der Waals surface area (Å²) in [5.74, 6) is 1.40. The van der Waals surface area contributed by atoms with E-state index >= 15 is 0 Å². The fraction of sp³-hybridized carbons (Fsp3) is 0.417. The molecule has 1 atom stereocenters. The summed E-state index contributed by atoms with van der Waals surface area (Å²) in [5, 5.41) is 0. The standard InChI is InChI=1S/C24H27N5O2/c30-23(18-6-2-1-3-7-18)29-13-5-8-19(16-29)24(31)28-14-10-17(11-15-28)21-26-20-9-4-12-25-22(20)27-21/h1-4,6-7,9,12,17,19H,5,8,10-11,13-16H2,(H,25,26,27). The minimum atomic E-state index is -0.103. The molecule has 0 spiro atoms. The Morgan fingerprint density at radius 2 is 1.74 bits per heavy atom. The summed E-state index contributed by atoms with van der Waals surface area (Å²) in [6.45, 7) is 2.70. The minimum absolute atomic E-state index is 0.0234. The van der Waals surface area contributed by atoms with E-state index in [1.54, 1.807) is 6.20 Å². The van der Waals surface area contributed by atoms with Crippen LogP contribution in [0.5, 0.6) is 0 Å². The lowest BCUT2D eigenvalue weighted by Crippen LogP contribution is -2.48. The van der Waals surface area contributed by atoms with Crippen LogP contribution in [0.3, 0.4) is 0 Å². The zero-order chi connectivity index (χ0) is 21.2. The third kappa shape index (κ3) is 4.04. The average molecular weight is 418 g/mol. The number of imidazole rings is 1. The molecule has 2 aliphatic rings. The van der Waals surface area contributed by atoms with Gasteiger partial charge in [0.05, 0.1) is 11.4 Å². The Balaban J connectivity index is 1.19. The molecule has 7 nitrogen and oxygen atoms in total. The molecule has 1 unspecified atom stereocenters. The third-order valence-electron chi connectivity index (χ3n) is 6.55. The van der Waals surface area contributed by atoms with Crippen LogP contribution < -0.4 is 0 Å². The maximum absolute atomic E-state index is 13.2. The van der Waals surface area contributed by atoms with Crippen LogP contribution in [0.4, 0.5) is 0 Å². The van der Waals surface area contributed by atoms with Crippen molar-refractivity contribution in [1.29, 1.82) is 0 Å². The Labute approximate surface area is 181 Å². The van der Waals surface area contributed by atoms with Crippen LogP contribution in [-0.4, -0.2) is 62.7 Å². The van der Waals surface area contributed by atoms with Crippen LogP contribution in [0.2, 0.25) is 0 Å². The molecule has 0 radical (unpaired) electrons. The molecule has 0 aliphatic carbocycles. The van der Waals surface area contributed by atoms with E-state index in [1.165, 1.54) is 0 Å². The maximum atomic E-state index is 13.2. The van der Waals surface area contributed by atoms with Crippen LogP contribution in [0, 0.1) is 5.92 Å². The largest absolute Gasteiger partial charge is 0.342 e. The lowest BCUT2D eigenvalue weighted by molar-refractivity contribution is -0.138. The molecule has 2 saturated heterocycles. The Morgan fingerprint density at radius 3 is 2.52 bits per heavy atom. The number of pyridine rings is 1. The molecule has 31 heavy (non-hydrogen) atoms. The van der Waals surface area contributed by atoms with Gasteiger partial charge in [-0.3, -0.25) is 9.59 Å². The topological polar surface area (TPSA) is 82.2 Å². The highest BCUT2D eigenvalue weighted by molar-refractivity contribution is 5.94. The van der Waals surface area contributed by atoms with Gasteiger partial charge in [0.15, 0.2) is 5.65 Å². The Kier molecular flexibility index (Phi) is 5.40. The third-order valence-corrected chi connectivity index (χ3v) is 6.55. The number of carbonyl (C=O) groups excluding carboxylic acids is 2. The average Bonchev–Trinajstić information content (AvgIpc) is 3.28. The van der Waals surface area contributed by atoms with Crippen molar-refractivity contribution in [3.63, 3.8) is 0 Å². The zero-order valence-corrected chi connectivity index (χ0v) is 17.5. The van der Waals surface area contributed by atoms with E-state index in [1.807, 2.05) is 52.3 Å². The van der Waals surface area contributed by atoms with Crippen LogP contribution in [-0.2, 0) is 4.79 Å². The van der Waals surface area contributed by atoms with Gasteiger partial charge in [-0.05, 0) is 49.9 Å². The molecule has 3 aromatic rings. The summed E-state index contributed by atoms with van der Waals surface area (Å²) in [4.78, 5) is 42.2. The zero-order valence-electron chi connectivity index (χ0n) is 17.5. The van der Waals surface area contributed by atoms with E-state index in [9.17, 15) is 9.59 Å². The molecule has 7 heteroatoms. The van der Waals surface area contributed by atoms with Crippen molar-refractivity contribution in [3.05, 3.63) is 60.0 Å². The second-order valence-corrected chi connectivity index (χ2v) is 8.55. The Bertz CT molecular complexity index is 1040. The SMILES string of the molecule is O=C(c1ccccc1)N1CCCC(C(=O)N2CCC(c3nc4ncccc4[nH]3)CC2)C1. The van der Waals surface area contributed by atoms with Crippen LogP contribution in [0.25, 0.3) is 11.2 Å². The van der Waals surface area contributed by atoms with Gasteiger partial charge >= 0.3 is 0 Å². The van der Waals surface area contributed by atoms with Crippen molar-refractivity contribution >= 4 is 23.0 Å². The van der Waals surface area contributed by atoms with Crippen molar-refractivity contribution in [2.75, 3.05) is 26.2 Å². The highest BCUT2D eigenvalue weighted by Crippen LogP contribution is 2.29. The number of hydrogen-bond acceptors (Lipinski definition) is 4. The number of benzene rings is 1. The minimum Gasteiger partial charge on any atom is -0.342 e. The second kappa shape index (κ2) is 8.49. The van der Waals surface area contributed by atoms with Gasteiger partial charge in [0.1, 0.15) is 5.82 Å². The summed E-state index contributed by atoms with van der Waals surface area (Å²) >= 11 is 0. The van der Waals surface area contributed by atoms with Gasteiger partial charge < -0.3 is 14.8 Å². The number of likely N-dealkylation sites (tertiary alicyclic amines) is 2. The number of H-pyrrole nitrogens is 1. The summed E-state index contributed by atoms with van der Waals surface area (Å²) < 4.78 is 0. The molecule has 4 heterocycles. The summed E-state index contributed by atoms with van der Waals surface area (Å²) in [6.07, 6.45) is 5.27. The molecule has 2 aliphatic heterocycles. The molecule has 1 N–H and O–H groups in total. The van der Waals surface area contributed by atoms with E-state index in [2.05, 4.69) is 15.0 Å². The van der Waals surface area contributed by atoms with Gasteiger partial charge in [-0.15, -0.1) is 0 Å². The summed E-state index contributed by atoms with van der Waals surface area (Å²) in [6, 6.07) is 13.2. The predicted octanol–water partition coefficient (Wildman–Crippen LogP) is 3.22. The van der Waals surface area contributed by atoms with E-state index < -0.39 is 0 Å². The van der Waals surface area contributed by atoms with Gasteiger partial charge in [-0.25, -0.2) is 9.97 Å². The van der Waals surface area contributed by atoms with Crippen LogP contribution in [0.15, 0.2) is 48.7 Å². The van der Waals surface area contributed by atoms with E-state index in [0.29, 0.717) is 18.0 Å². The first-order valence-corrected chi connectivity index (χ1v) is 11.1. The highest BCUT2D eigenvalue weighted by Gasteiger charge is 2.33. The lowest BCUT2D eigenvalue weighted by Gasteiger charge is -2.37. The number of hydrogen-bond donors (Lipinski definition) is 1. The molecule has 1 aromatic carbocycles. The van der Waals surface area contributed by atoms with Crippen LogP contribution in [0.1, 0.15) is 47.8 Å². The fourth-order valence-corrected chi connectivity index (χ4v) is 4.81. The number of fused-ring (bicyclic) bond motifs is 1. The number of piperidine rings is 2. The Morgan fingerprint density at radius 1 is 0.935 bits per heavy atom. The maximum Gasteiger partial charge on any atom is 0.253 e. The monoisotopic (exact) mass is 417 g/mol. The summed E-state index contributed by atoms with van der Waals surface area (Å²) in [5.41, 5.74) is 2.40. The predicted molar refractivity (Wildman–Crippen MR) is 118 cm³/mol. The first-order chi connectivity index (χ1) is 15.2.